The number of oxazole rings is 1. The number of anilines is 1. The summed E-state index contributed by atoms with van der Waals surface area (Å²) in [6.07, 6.45) is 0. The van der Waals surface area contributed by atoms with Crippen LogP contribution < -0.4 is 5.73 Å². The van der Waals surface area contributed by atoms with Gasteiger partial charge in [-0.3, -0.25) is 0 Å². The van der Waals surface area contributed by atoms with Crippen molar-refractivity contribution in [2.45, 2.75) is 12.8 Å². The number of hydrogen-bond acceptors (Lipinski definition) is 3. The highest BCUT2D eigenvalue weighted by Crippen LogP contribution is 2.34. The predicted octanol–water partition coefficient (Wildman–Crippen LogP) is 4.90. The Balaban J connectivity index is 1.93. The molecule has 3 heteroatoms. The van der Waals surface area contributed by atoms with Gasteiger partial charge in [0.25, 0.3) is 0 Å². The predicted molar refractivity (Wildman–Crippen MR) is 97.0 cm³/mol. The van der Waals surface area contributed by atoms with Gasteiger partial charge in [0.05, 0.1) is 5.92 Å². The number of aromatic nitrogens is 1. The van der Waals surface area contributed by atoms with E-state index in [4.69, 9.17) is 15.1 Å². The molecule has 0 radical (unpaired) electrons. The molecule has 24 heavy (non-hydrogen) atoms. The van der Waals surface area contributed by atoms with Crippen molar-refractivity contribution in [3.05, 3.63) is 95.4 Å². The lowest BCUT2D eigenvalue weighted by molar-refractivity contribution is 0.520. The van der Waals surface area contributed by atoms with Gasteiger partial charge in [-0.25, -0.2) is 4.98 Å². The summed E-state index contributed by atoms with van der Waals surface area (Å²) in [6.45, 7) is 1.99. The first-order chi connectivity index (χ1) is 11.7. The molecule has 4 rings (SSSR count). The van der Waals surface area contributed by atoms with E-state index in [1.54, 1.807) is 0 Å². The molecule has 0 saturated carbocycles. The highest BCUT2D eigenvalue weighted by molar-refractivity contribution is 5.80. The largest absolute Gasteiger partial charge is 0.439 e. The Bertz CT molecular complexity index is 935. The molecule has 4 aromatic rings. The summed E-state index contributed by atoms with van der Waals surface area (Å²) in [5, 5.41) is 0. The maximum absolute atomic E-state index is 6.16. The Kier molecular flexibility index (Phi) is 3.54. The molecule has 0 aliphatic carbocycles. The van der Waals surface area contributed by atoms with Crippen LogP contribution in [0.3, 0.4) is 0 Å². The second-order valence-electron chi connectivity index (χ2n) is 5.99. The minimum absolute atomic E-state index is 0.0413. The quantitative estimate of drug-likeness (QED) is 0.547. The van der Waals surface area contributed by atoms with Gasteiger partial charge in [-0.2, -0.15) is 0 Å². The Morgan fingerprint density at radius 1 is 0.875 bits per heavy atom. The Labute approximate surface area is 140 Å². The van der Waals surface area contributed by atoms with Gasteiger partial charge < -0.3 is 10.2 Å². The minimum Gasteiger partial charge on any atom is -0.439 e. The van der Waals surface area contributed by atoms with Gasteiger partial charge in [-0.05, 0) is 35.7 Å². The third-order valence-corrected chi connectivity index (χ3v) is 4.23. The molecule has 1 heterocycles. The van der Waals surface area contributed by atoms with Crippen LogP contribution in [0.1, 0.15) is 28.5 Å². The zero-order valence-electron chi connectivity index (χ0n) is 13.4. The molecule has 2 N–H and O–H groups in total. The third-order valence-electron chi connectivity index (χ3n) is 4.23. The number of hydrogen-bond donors (Lipinski definition) is 1. The highest BCUT2D eigenvalue weighted by atomic mass is 16.3. The van der Waals surface area contributed by atoms with Crippen molar-refractivity contribution in [3.8, 4) is 0 Å². The van der Waals surface area contributed by atoms with Crippen LogP contribution in [-0.2, 0) is 0 Å². The lowest BCUT2D eigenvalue weighted by Crippen LogP contribution is -2.03. The van der Waals surface area contributed by atoms with Crippen molar-refractivity contribution in [2.24, 2.45) is 0 Å². The summed E-state index contributed by atoms with van der Waals surface area (Å²) in [7, 11) is 0. The number of nitrogen functional groups attached to an aromatic ring is 1. The van der Waals surface area contributed by atoms with Gasteiger partial charge in [0.2, 0.25) is 5.89 Å². The van der Waals surface area contributed by atoms with Crippen molar-refractivity contribution in [1.82, 2.24) is 4.98 Å². The van der Waals surface area contributed by atoms with Gasteiger partial charge in [0.15, 0.2) is 5.58 Å². The molecule has 3 aromatic carbocycles. The lowest BCUT2D eigenvalue weighted by atomic mass is 9.91. The number of nitrogens with two attached hydrogens (primary N) is 1. The third kappa shape index (κ3) is 2.54. The van der Waals surface area contributed by atoms with Crippen LogP contribution in [0.4, 0.5) is 5.69 Å². The van der Waals surface area contributed by atoms with E-state index in [0.29, 0.717) is 11.6 Å². The molecule has 0 saturated heterocycles. The number of fused-ring (bicyclic) bond motifs is 1. The SMILES string of the molecule is Cc1cc(N)cc2nc(C(c3ccccc3)c3ccccc3)oc12. The molecule has 118 valence electrons. The molecule has 1 aromatic heterocycles. The first-order valence-electron chi connectivity index (χ1n) is 7.99. The molecule has 0 amide bonds. The number of rotatable bonds is 3. The van der Waals surface area contributed by atoms with Gasteiger partial charge in [-0.15, -0.1) is 0 Å². The number of aryl methyl sites for hydroxylation is 1. The van der Waals surface area contributed by atoms with Crippen molar-refractivity contribution in [2.75, 3.05) is 5.73 Å². The number of benzene rings is 3. The minimum atomic E-state index is -0.0413. The summed E-state index contributed by atoms with van der Waals surface area (Å²) in [4.78, 5) is 4.74. The van der Waals surface area contributed by atoms with E-state index in [0.717, 1.165) is 27.8 Å². The fourth-order valence-corrected chi connectivity index (χ4v) is 3.14. The van der Waals surface area contributed by atoms with Crippen molar-refractivity contribution < 1.29 is 4.42 Å². The monoisotopic (exact) mass is 314 g/mol. The number of nitrogens with zero attached hydrogens (tertiary/aromatic N) is 1. The van der Waals surface area contributed by atoms with Gasteiger partial charge in [-0.1, -0.05) is 60.7 Å². The summed E-state index contributed by atoms with van der Waals surface area (Å²) in [5.41, 5.74) is 11.6. The first kappa shape index (κ1) is 14.5. The summed E-state index contributed by atoms with van der Waals surface area (Å²) in [5.74, 6) is 0.650. The van der Waals surface area contributed by atoms with Crippen molar-refractivity contribution >= 4 is 16.8 Å². The summed E-state index contributed by atoms with van der Waals surface area (Å²) >= 11 is 0. The van der Waals surface area contributed by atoms with Gasteiger partial charge >= 0.3 is 0 Å². The maximum Gasteiger partial charge on any atom is 0.207 e. The van der Waals surface area contributed by atoms with E-state index < -0.39 is 0 Å². The second-order valence-corrected chi connectivity index (χ2v) is 5.99. The van der Waals surface area contributed by atoms with Crippen LogP contribution in [0, 0.1) is 6.92 Å². The zero-order valence-corrected chi connectivity index (χ0v) is 13.4. The molecule has 0 bridgehead atoms. The van der Waals surface area contributed by atoms with Crippen LogP contribution in [0.25, 0.3) is 11.1 Å². The van der Waals surface area contributed by atoms with Crippen molar-refractivity contribution in [1.29, 1.82) is 0 Å². The van der Waals surface area contributed by atoms with E-state index >= 15 is 0 Å². The molecular weight excluding hydrogens is 296 g/mol. The van der Waals surface area contributed by atoms with Crippen molar-refractivity contribution in [3.63, 3.8) is 0 Å². The normalized spacial score (nSPS) is 11.2. The van der Waals surface area contributed by atoms with E-state index in [1.807, 2.05) is 55.5 Å². The van der Waals surface area contributed by atoms with E-state index in [1.165, 1.54) is 0 Å². The first-order valence-corrected chi connectivity index (χ1v) is 7.99. The summed E-state index contributed by atoms with van der Waals surface area (Å²) in [6, 6.07) is 24.4. The van der Waals surface area contributed by atoms with Gasteiger partial charge in [0.1, 0.15) is 5.52 Å². The fourth-order valence-electron chi connectivity index (χ4n) is 3.14. The highest BCUT2D eigenvalue weighted by Gasteiger charge is 2.22. The Hall–Kier alpha value is -3.07. The fraction of sp³-hybridized carbons (Fsp3) is 0.0952. The van der Waals surface area contributed by atoms with Crippen LogP contribution in [-0.4, -0.2) is 4.98 Å². The van der Waals surface area contributed by atoms with Crippen LogP contribution >= 0.6 is 0 Å². The van der Waals surface area contributed by atoms with Crippen LogP contribution in [0.15, 0.2) is 77.2 Å². The maximum atomic E-state index is 6.16. The molecule has 0 aliphatic heterocycles. The second kappa shape index (κ2) is 5.85. The van der Waals surface area contributed by atoms with E-state index in [-0.39, 0.29) is 5.92 Å². The lowest BCUT2D eigenvalue weighted by Gasteiger charge is -2.14. The summed E-state index contributed by atoms with van der Waals surface area (Å²) < 4.78 is 6.16. The molecular formula is C21H18N2O. The average molecular weight is 314 g/mol. The molecule has 0 spiro atoms. The molecule has 0 fully saturated rings. The van der Waals surface area contributed by atoms with Gasteiger partial charge in [0, 0.05) is 5.69 Å². The topological polar surface area (TPSA) is 52.0 Å². The van der Waals surface area contributed by atoms with E-state index in [9.17, 15) is 0 Å². The van der Waals surface area contributed by atoms with Crippen LogP contribution in [0.5, 0.6) is 0 Å². The molecule has 0 unspecified atom stereocenters. The molecule has 3 nitrogen and oxygen atoms in total. The van der Waals surface area contributed by atoms with Crippen LogP contribution in [0.2, 0.25) is 0 Å². The van der Waals surface area contributed by atoms with E-state index in [2.05, 4.69) is 24.3 Å². The molecule has 0 aliphatic rings. The molecule has 0 atom stereocenters. The average Bonchev–Trinajstić information content (AvgIpc) is 3.01. The Morgan fingerprint density at radius 2 is 1.46 bits per heavy atom. The Morgan fingerprint density at radius 3 is 2.04 bits per heavy atom. The smallest absolute Gasteiger partial charge is 0.207 e. The standard InChI is InChI=1S/C21H18N2O/c1-14-12-17(22)13-18-20(14)24-21(23-18)19(15-8-4-2-5-9-15)16-10-6-3-7-11-16/h2-13,19H,22H2,1H3. The zero-order chi connectivity index (χ0) is 16.5.